The van der Waals surface area contributed by atoms with E-state index in [9.17, 15) is 28.8 Å². The van der Waals surface area contributed by atoms with Crippen molar-refractivity contribution in [2.24, 2.45) is 0 Å². The number of pyridine rings is 1. The maximum atomic E-state index is 13.9. The van der Waals surface area contributed by atoms with E-state index in [0.717, 1.165) is 65.7 Å². The molecule has 0 spiro atoms. The Labute approximate surface area is 396 Å². The molecule has 2 saturated heterocycles. The molecule has 4 aliphatic heterocycles. The van der Waals surface area contributed by atoms with Gasteiger partial charge in [0.05, 0.1) is 50.8 Å². The minimum absolute atomic E-state index is 0.0610. The van der Waals surface area contributed by atoms with Gasteiger partial charge in [0.15, 0.2) is 5.13 Å². The second-order valence-corrected chi connectivity index (χ2v) is 17.5. The van der Waals surface area contributed by atoms with Crippen molar-refractivity contribution in [2.75, 3.05) is 94.4 Å². The summed E-state index contributed by atoms with van der Waals surface area (Å²) in [5.74, 6) is -1.79. The molecule has 4 aliphatic rings. The fourth-order valence-electron chi connectivity index (χ4n) is 8.88. The maximum Gasteiger partial charge on any atom is 0.264 e. The minimum Gasteiger partial charge on any atom is -0.382 e. The second-order valence-electron chi connectivity index (χ2n) is 16.6. The molecule has 18 nitrogen and oxygen atoms in total. The molecule has 9 rings (SSSR count). The molecule has 19 heteroatoms. The molecular weight excluding hydrogens is 891 g/mol. The highest BCUT2D eigenvalue weighted by atomic mass is 32.1. The first kappa shape index (κ1) is 46.2. The fourth-order valence-corrected chi connectivity index (χ4v) is 9.41. The molecule has 5 aromatic rings. The number of fused-ring (bicyclic) bond motifs is 2. The molecule has 3 N–H and O–H groups in total. The fraction of sp³-hybridized carbons (Fsp3) is 0.347. The van der Waals surface area contributed by atoms with Crippen LogP contribution in [0.3, 0.4) is 0 Å². The highest BCUT2D eigenvalue weighted by Gasteiger charge is 2.45. The Balaban J connectivity index is 0.645. The number of amides is 6. The number of ether oxygens (including phenoxy) is 3. The van der Waals surface area contributed by atoms with Gasteiger partial charge in [0.1, 0.15) is 17.9 Å². The summed E-state index contributed by atoms with van der Waals surface area (Å²) in [4.78, 5) is 94.0. The van der Waals surface area contributed by atoms with E-state index < -0.39 is 35.7 Å². The van der Waals surface area contributed by atoms with Gasteiger partial charge in [-0.3, -0.25) is 49.2 Å². The number of aromatic nitrogens is 2. The molecule has 3 aromatic carbocycles. The molecule has 6 amide bonds. The van der Waals surface area contributed by atoms with E-state index in [-0.39, 0.29) is 35.8 Å². The number of benzene rings is 3. The van der Waals surface area contributed by atoms with Crippen molar-refractivity contribution in [3.8, 4) is 11.1 Å². The number of nitrogens with one attached hydrogen (secondary N) is 3. The summed E-state index contributed by atoms with van der Waals surface area (Å²) in [7, 11) is 0. The highest BCUT2D eigenvalue weighted by Crippen LogP contribution is 2.36. The lowest BCUT2D eigenvalue weighted by Crippen LogP contribution is -2.54. The number of thiazole rings is 1. The van der Waals surface area contributed by atoms with Gasteiger partial charge in [-0.05, 0) is 53.4 Å². The van der Waals surface area contributed by atoms with Crippen LogP contribution in [0.1, 0.15) is 61.1 Å². The third kappa shape index (κ3) is 10.3. The number of anilines is 3. The van der Waals surface area contributed by atoms with Crippen LogP contribution in [-0.4, -0.2) is 145 Å². The van der Waals surface area contributed by atoms with Gasteiger partial charge in [0.25, 0.3) is 23.6 Å². The number of hydrogen-bond acceptors (Lipinski definition) is 15. The molecule has 68 heavy (non-hydrogen) atoms. The summed E-state index contributed by atoms with van der Waals surface area (Å²) >= 11 is 1.33. The number of hydrogen-bond donors (Lipinski definition) is 3. The van der Waals surface area contributed by atoms with Crippen molar-refractivity contribution < 1.29 is 43.0 Å². The second kappa shape index (κ2) is 21.4. The average Bonchev–Trinajstić information content (AvgIpc) is 4.06. The molecule has 0 radical (unpaired) electrons. The summed E-state index contributed by atoms with van der Waals surface area (Å²) in [6, 6.07) is 22.4. The summed E-state index contributed by atoms with van der Waals surface area (Å²) < 4.78 is 17.2. The Morgan fingerprint density at radius 2 is 1.54 bits per heavy atom. The van der Waals surface area contributed by atoms with Crippen LogP contribution in [0.5, 0.6) is 0 Å². The van der Waals surface area contributed by atoms with Crippen LogP contribution in [0, 0.1) is 0 Å². The third-order valence-electron chi connectivity index (χ3n) is 12.4. The molecule has 2 unspecified atom stereocenters. The number of carbonyl (C=O) groups excluding carboxylic acids is 6. The number of imide groups is 2. The minimum atomic E-state index is -1.02. The van der Waals surface area contributed by atoms with Crippen LogP contribution < -0.4 is 20.9 Å². The number of piperazine rings is 1. The topological polar surface area (TPSA) is 205 Å². The van der Waals surface area contributed by atoms with Crippen LogP contribution >= 0.6 is 11.3 Å². The zero-order valence-corrected chi connectivity index (χ0v) is 38.1. The van der Waals surface area contributed by atoms with Gasteiger partial charge in [0, 0.05) is 86.8 Å². The van der Waals surface area contributed by atoms with Gasteiger partial charge >= 0.3 is 0 Å². The summed E-state index contributed by atoms with van der Waals surface area (Å²) in [5, 5.41) is 10.5. The number of piperidine rings is 1. The predicted octanol–water partition coefficient (Wildman–Crippen LogP) is 4.23. The first-order valence-electron chi connectivity index (χ1n) is 22.7. The SMILES string of the molecule is O=C1CCC(N2C(=O)c3cccc(NCCOCCOCCOCCN4CCN(c5ccc(-c6ccc7c(c6)C(=O)N(C(C(=O)Nc6nccs6)c6ccccc6)C7)cn5)CC4)c3C2=O)C(=O)N1. The summed E-state index contributed by atoms with van der Waals surface area (Å²) in [6.07, 6.45) is 3.64. The van der Waals surface area contributed by atoms with E-state index in [1.807, 2.05) is 66.9 Å². The first-order chi connectivity index (χ1) is 33.2. The lowest BCUT2D eigenvalue weighted by Gasteiger charge is -2.35. The molecule has 2 atom stereocenters. The van der Waals surface area contributed by atoms with Gasteiger partial charge in [-0.2, -0.15) is 0 Å². The lowest BCUT2D eigenvalue weighted by atomic mass is 10.0. The lowest BCUT2D eigenvalue weighted by molar-refractivity contribution is -0.136. The van der Waals surface area contributed by atoms with Crippen LogP contribution in [0.15, 0.2) is 96.6 Å². The molecular formula is C49H51N9O9S. The maximum absolute atomic E-state index is 13.9. The highest BCUT2D eigenvalue weighted by molar-refractivity contribution is 7.13. The monoisotopic (exact) mass is 941 g/mol. The van der Waals surface area contributed by atoms with Crippen LogP contribution in [0.25, 0.3) is 11.1 Å². The Morgan fingerprint density at radius 1 is 0.779 bits per heavy atom. The summed E-state index contributed by atoms with van der Waals surface area (Å²) in [6.45, 7) is 7.55. The molecule has 6 heterocycles. The molecule has 2 fully saturated rings. The predicted molar refractivity (Wildman–Crippen MR) is 252 cm³/mol. The first-order valence-corrected chi connectivity index (χ1v) is 23.6. The number of rotatable bonds is 20. The average molecular weight is 942 g/mol. The van der Waals surface area contributed by atoms with E-state index in [2.05, 4.69) is 30.7 Å². The Bertz CT molecular complexity index is 2640. The van der Waals surface area contributed by atoms with Gasteiger partial charge in [-0.15, -0.1) is 11.3 Å². The standard InChI is InChI=1S/C49H51N9O9S/c59-41-14-12-39(44(60)53-41)58-47(63)36-7-4-8-38(42(36)48(58)64)50-15-22-65-24-26-67-27-25-66-23-21-55-17-19-56(20-18-55)40-13-11-34(30-52-40)33-9-10-35-31-57(46(62)37(35)29-33)43(32-5-2-1-3-6-32)45(61)54-49-51-16-28-68-49/h1-11,13,16,28-30,39,43,50H,12,14-15,17-27,31H2,(H,51,54,61)(H,53,59,60). The van der Waals surface area contributed by atoms with Gasteiger partial charge in [0.2, 0.25) is 11.8 Å². The third-order valence-corrected chi connectivity index (χ3v) is 13.1. The molecule has 2 aromatic heterocycles. The van der Waals surface area contributed by atoms with Gasteiger partial charge in [-0.25, -0.2) is 9.97 Å². The van der Waals surface area contributed by atoms with Crippen molar-refractivity contribution in [3.63, 3.8) is 0 Å². The van der Waals surface area contributed by atoms with E-state index in [4.69, 9.17) is 19.2 Å². The van der Waals surface area contributed by atoms with Crippen LogP contribution in [0.2, 0.25) is 0 Å². The number of carbonyl (C=O) groups is 6. The van der Waals surface area contributed by atoms with Crippen molar-refractivity contribution in [1.29, 1.82) is 0 Å². The van der Waals surface area contributed by atoms with Crippen molar-refractivity contribution in [2.45, 2.75) is 31.5 Å². The van der Waals surface area contributed by atoms with Crippen LogP contribution in [0.4, 0.5) is 16.6 Å². The molecule has 0 bridgehead atoms. The Morgan fingerprint density at radius 3 is 2.28 bits per heavy atom. The smallest absolute Gasteiger partial charge is 0.264 e. The zero-order chi connectivity index (χ0) is 47.0. The number of nitrogens with zero attached hydrogens (tertiary/aromatic N) is 6. The summed E-state index contributed by atoms with van der Waals surface area (Å²) in [5.41, 5.74) is 4.86. The molecule has 0 saturated carbocycles. The quantitative estimate of drug-likeness (QED) is 0.0739. The van der Waals surface area contributed by atoms with Crippen molar-refractivity contribution >= 4 is 63.4 Å². The van der Waals surface area contributed by atoms with Crippen LogP contribution in [-0.2, 0) is 35.1 Å². The molecule has 0 aliphatic carbocycles. The Hall–Kier alpha value is -6.90. The normalized spacial score (nSPS) is 17.6. The van der Waals surface area contributed by atoms with E-state index >= 15 is 0 Å². The van der Waals surface area contributed by atoms with Crippen molar-refractivity contribution in [1.82, 2.24) is 30.0 Å². The van der Waals surface area contributed by atoms with Crippen molar-refractivity contribution in [3.05, 3.63) is 124 Å². The Kier molecular flexibility index (Phi) is 14.5. The van der Waals surface area contributed by atoms with E-state index in [0.29, 0.717) is 69.1 Å². The van der Waals surface area contributed by atoms with E-state index in [1.54, 1.807) is 34.7 Å². The zero-order valence-electron chi connectivity index (χ0n) is 37.3. The van der Waals surface area contributed by atoms with E-state index in [1.165, 1.54) is 11.3 Å². The van der Waals surface area contributed by atoms with Gasteiger partial charge in [-0.1, -0.05) is 48.5 Å². The van der Waals surface area contributed by atoms with Gasteiger partial charge < -0.3 is 29.3 Å². The largest absolute Gasteiger partial charge is 0.382 e. The molecule has 352 valence electrons.